The van der Waals surface area contributed by atoms with Crippen molar-refractivity contribution in [1.29, 1.82) is 0 Å². The lowest BCUT2D eigenvalue weighted by Crippen LogP contribution is -2.57. The normalized spacial score (nSPS) is 16.6. The van der Waals surface area contributed by atoms with Gasteiger partial charge in [0.05, 0.1) is 11.7 Å². The number of aliphatic carboxylic acids is 1. The van der Waals surface area contributed by atoms with Gasteiger partial charge in [-0.1, -0.05) is 74.5 Å². The molecular formula is C31H32N4O6. The van der Waals surface area contributed by atoms with Crippen LogP contribution in [0.15, 0.2) is 91.4 Å². The number of benzene rings is 2. The fraction of sp³-hybridized carbons (Fsp3) is 0.258. The van der Waals surface area contributed by atoms with Gasteiger partial charge in [-0.2, -0.15) is 0 Å². The molecule has 0 saturated heterocycles. The van der Waals surface area contributed by atoms with Gasteiger partial charge in [-0.15, -0.1) is 0 Å². The van der Waals surface area contributed by atoms with E-state index in [0.29, 0.717) is 16.8 Å². The number of carboxylic acid groups (broad SMARTS) is 1. The smallest absolute Gasteiger partial charge is 0.334 e. The Hall–Kier alpha value is -4.83. The zero-order valence-corrected chi connectivity index (χ0v) is 22.8. The van der Waals surface area contributed by atoms with Crippen molar-refractivity contribution in [2.75, 3.05) is 6.54 Å². The molecule has 41 heavy (non-hydrogen) atoms. The molecule has 0 fully saturated rings. The van der Waals surface area contributed by atoms with Gasteiger partial charge in [-0.05, 0) is 35.6 Å². The van der Waals surface area contributed by atoms with Crippen LogP contribution in [0.1, 0.15) is 35.3 Å². The minimum absolute atomic E-state index is 0.0677. The molecule has 10 heteroatoms. The maximum absolute atomic E-state index is 14.0. The second-order valence-corrected chi connectivity index (χ2v) is 10.1. The van der Waals surface area contributed by atoms with Crippen molar-refractivity contribution in [2.45, 2.75) is 38.5 Å². The highest BCUT2D eigenvalue weighted by atomic mass is 16.4. The van der Waals surface area contributed by atoms with E-state index < -0.39 is 42.5 Å². The Morgan fingerprint density at radius 1 is 0.951 bits per heavy atom. The van der Waals surface area contributed by atoms with Crippen LogP contribution >= 0.6 is 0 Å². The summed E-state index contributed by atoms with van der Waals surface area (Å²) >= 11 is 0. The van der Waals surface area contributed by atoms with Gasteiger partial charge in [-0.3, -0.25) is 24.3 Å². The first-order valence-corrected chi connectivity index (χ1v) is 13.2. The minimum atomic E-state index is -1.86. The zero-order chi connectivity index (χ0) is 29.5. The van der Waals surface area contributed by atoms with Crippen molar-refractivity contribution in [3.05, 3.63) is 108 Å². The number of nitrogens with zero attached hydrogens (tertiary/aromatic N) is 3. The van der Waals surface area contributed by atoms with Crippen LogP contribution in [0.25, 0.3) is 5.70 Å². The summed E-state index contributed by atoms with van der Waals surface area (Å²) in [5.74, 6) is -3.28. The summed E-state index contributed by atoms with van der Waals surface area (Å²) < 4.78 is 0. The third-order valence-electron chi connectivity index (χ3n) is 6.81. The SMILES string of the molecule is CC(C)C1C(=O)N(CC(=O)N[C@@H](Cc2ccccc2)C(O)C(=O)O)C(c2ccccc2)=CN1C(=O)c1ccncc1. The number of aliphatic hydroxyl groups is 1. The number of pyridine rings is 1. The maximum atomic E-state index is 14.0. The Balaban J connectivity index is 1.67. The van der Waals surface area contributed by atoms with Crippen LogP contribution in [0, 0.1) is 5.92 Å². The molecule has 3 aromatic rings. The zero-order valence-electron chi connectivity index (χ0n) is 22.8. The highest BCUT2D eigenvalue weighted by molar-refractivity contribution is 6.03. The fourth-order valence-electron chi connectivity index (χ4n) is 4.79. The van der Waals surface area contributed by atoms with Crippen molar-refractivity contribution in [2.24, 2.45) is 5.92 Å². The number of carbonyl (C=O) groups is 4. The quantitative estimate of drug-likeness (QED) is 0.349. The Morgan fingerprint density at radius 2 is 1.56 bits per heavy atom. The molecule has 2 aromatic carbocycles. The monoisotopic (exact) mass is 556 g/mol. The van der Waals surface area contributed by atoms with Crippen LogP contribution in [0.3, 0.4) is 0 Å². The first-order valence-electron chi connectivity index (χ1n) is 13.2. The number of aliphatic hydroxyl groups excluding tert-OH is 1. The van der Waals surface area contributed by atoms with Crippen molar-refractivity contribution < 1.29 is 29.4 Å². The topological polar surface area (TPSA) is 140 Å². The van der Waals surface area contributed by atoms with E-state index in [0.717, 1.165) is 5.56 Å². The molecule has 0 bridgehead atoms. The van der Waals surface area contributed by atoms with Crippen molar-refractivity contribution in [3.63, 3.8) is 0 Å². The third kappa shape index (κ3) is 6.85. The summed E-state index contributed by atoms with van der Waals surface area (Å²) in [5.41, 5.74) is 2.03. The van der Waals surface area contributed by atoms with E-state index in [-0.39, 0.29) is 18.2 Å². The van der Waals surface area contributed by atoms with Gasteiger partial charge in [0.25, 0.3) is 11.8 Å². The van der Waals surface area contributed by atoms with Crippen LogP contribution in [0.4, 0.5) is 0 Å². The molecule has 4 rings (SSSR count). The van der Waals surface area contributed by atoms with Gasteiger partial charge < -0.3 is 20.4 Å². The molecule has 10 nitrogen and oxygen atoms in total. The molecule has 0 aliphatic carbocycles. The van der Waals surface area contributed by atoms with E-state index in [1.807, 2.05) is 19.9 Å². The number of aromatic nitrogens is 1. The van der Waals surface area contributed by atoms with E-state index in [9.17, 15) is 29.4 Å². The van der Waals surface area contributed by atoms with Gasteiger partial charge in [-0.25, -0.2) is 4.79 Å². The number of amides is 3. The van der Waals surface area contributed by atoms with Crippen molar-refractivity contribution >= 4 is 29.4 Å². The Morgan fingerprint density at radius 3 is 2.15 bits per heavy atom. The molecule has 2 heterocycles. The van der Waals surface area contributed by atoms with Gasteiger partial charge in [0, 0.05) is 24.2 Å². The summed E-state index contributed by atoms with van der Waals surface area (Å²) in [6.45, 7) is 3.18. The van der Waals surface area contributed by atoms with Crippen LogP contribution in [0.2, 0.25) is 0 Å². The molecular weight excluding hydrogens is 524 g/mol. The van der Waals surface area contributed by atoms with Gasteiger partial charge in [0.2, 0.25) is 5.91 Å². The molecule has 212 valence electrons. The van der Waals surface area contributed by atoms with Crippen LogP contribution in [-0.4, -0.2) is 73.4 Å². The predicted octanol–water partition coefficient (Wildman–Crippen LogP) is 2.56. The number of hydrogen-bond donors (Lipinski definition) is 3. The highest BCUT2D eigenvalue weighted by Crippen LogP contribution is 2.31. The Labute approximate surface area is 237 Å². The molecule has 1 aliphatic rings. The Bertz CT molecular complexity index is 1410. The molecule has 1 aromatic heterocycles. The number of carbonyl (C=O) groups excluding carboxylic acids is 3. The predicted molar refractivity (Wildman–Crippen MR) is 151 cm³/mol. The number of nitrogens with one attached hydrogen (secondary N) is 1. The van der Waals surface area contributed by atoms with Crippen LogP contribution in [-0.2, 0) is 20.8 Å². The van der Waals surface area contributed by atoms with Gasteiger partial charge in [0.1, 0.15) is 12.6 Å². The lowest BCUT2D eigenvalue weighted by atomic mass is 9.96. The molecule has 0 spiro atoms. The largest absolute Gasteiger partial charge is 0.479 e. The Kier molecular flexibility index (Phi) is 9.26. The van der Waals surface area contributed by atoms with E-state index >= 15 is 0 Å². The van der Waals surface area contributed by atoms with Crippen molar-refractivity contribution in [1.82, 2.24) is 20.1 Å². The molecule has 3 N–H and O–H groups in total. The van der Waals surface area contributed by atoms with Crippen LogP contribution < -0.4 is 5.32 Å². The maximum Gasteiger partial charge on any atom is 0.334 e. The second kappa shape index (κ2) is 13.0. The first kappa shape index (κ1) is 29.2. The molecule has 1 aliphatic heterocycles. The summed E-state index contributed by atoms with van der Waals surface area (Å²) in [4.78, 5) is 59.2. The second-order valence-electron chi connectivity index (χ2n) is 10.1. The number of rotatable bonds is 10. The van der Waals surface area contributed by atoms with E-state index in [4.69, 9.17) is 0 Å². The van der Waals surface area contributed by atoms with Crippen LogP contribution in [0.5, 0.6) is 0 Å². The highest BCUT2D eigenvalue weighted by Gasteiger charge is 2.41. The van der Waals surface area contributed by atoms with E-state index in [1.54, 1.807) is 72.9 Å². The third-order valence-corrected chi connectivity index (χ3v) is 6.81. The number of carboxylic acids is 1. The van der Waals surface area contributed by atoms with Gasteiger partial charge in [0.15, 0.2) is 6.10 Å². The minimum Gasteiger partial charge on any atom is -0.479 e. The van der Waals surface area contributed by atoms with E-state index in [1.165, 1.54) is 22.2 Å². The standard InChI is InChI=1S/C31H32N4O6/c1-20(2)27-30(39)34(19-26(36)33-24(28(37)31(40)41)17-21-9-5-3-6-10-21)25(22-11-7-4-8-12-22)18-35(27)29(38)23-13-15-32-16-14-23/h3-16,18,20,24,27-28,37H,17,19H2,1-2H3,(H,33,36)(H,40,41)/t24-,27?,28?/m0/s1. The first-order chi connectivity index (χ1) is 19.7. The lowest BCUT2D eigenvalue weighted by Gasteiger charge is -2.41. The fourth-order valence-corrected chi connectivity index (χ4v) is 4.79. The molecule has 3 atom stereocenters. The summed E-state index contributed by atoms with van der Waals surface area (Å²) in [6.07, 6.45) is 2.78. The molecule has 0 saturated carbocycles. The van der Waals surface area contributed by atoms with Gasteiger partial charge >= 0.3 is 5.97 Å². The summed E-state index contributed by atoms with van der Waals surface area (Å²) in [6, 6.07) is 18.9. The van der Waals surface area contributed by atoms with E-state index in [2.05, 4.69) is 10.3 Å². The van der Waals surface area contributed by atoms with Crippen molar-refractivity contribution in [3.8, 4) is 0 Å². The average Bonchev–Trinajstić information content (AvgIpc) is 2.98. The molecule has 2 unspecified atom stereocenters. The average molecular weight is 557 g/mol. The lowest BCUT2D eigenvalue weighted by molar-refractivity contribution is -0.149. The molecule has 0 radical (unpaired) electrons. The molecule has 3 amide bonds. The summed E-state index contributed by atoms with van der Waals surface area (Å²) in [7, 11) is 0. The number of hydrogen-bond acceptors (Lipinski definition) is 6. The summed E-state index contributed by atoms with van der Waals surface area (Å²) in [5, 5.41) is 22.4.